The van der Waals surface area contributed by atoms with Crippen LogP contribution < -0.4 is 0 Å². The summed E-state index contributed by atoms with van der Waals surface area (Å²) in [6, 6.07) is -0.140. The van der Waals surface area contributed by atoms with Gasteiger partial charge in [0.15, 0.2) is 0 Å². The average Bonchev–Trinajstić information content (AvgIpc) is 2.91. The number of rotatable bonds is 3. The van der Waals surface area contributed by atoms with Crippen molar-refractivity contribution in [3.8, 4) is 0 Å². The van der Waals surface area contributed by atoms with Crippen molar-refractivity contribution in [2.45, 2.75) is 71.9 Å². The SMILES string of the molecule is COC(=O)[C@@H]1C[C@@H]2CCCC[C@@H]2N1C(=O)[C@@H]1[C@H](C=C(C)C)C1(C)C. The zero-order valence-electron chi connectivity index (χ0n) is 15.7. The van der Waals surface area contributed by atoms with E-state index in [9.17, 15) is 9.59 Å². The Hall–Kier alpha value is -1.32. The first-order chi connectivity index (χ1) is 11.3. The second-order valence-corrected chi connectivity index (χ2v) is 8.70. The molecule has 134 valence electrons. The molecule has 1 heterocycles. The summed E-state index contributed by atoms with van der Waals surface area (Å²) in [7, 11) is 1.43. The highest BCUT2D eigenvalue weighted by Gasteiger charge is 2.63. The number of methoxy groups -OCH3 is 1. The van der Waals surface area contributed by atoms with Crippen LogP contribution in [0.1, 0.15) is 59.8 Å². The quantitative estimate of drug-likeness (QED) is 0.586. The van der Waals surface area contributed by atoms with Gasteiger partial charge in [0.1, 0.15) is 6.04 Å². The van der Waals surface area contributed by atoms with Gasteiger partial charge in [0.2, 0.25) is 5.91 Å². The van der Waals surface area contributed by atoms with Crippen LogP contribution in [-0.4, -0.2) is 36.0 Å². The lowest BCUT2D eigenvalue weighted by molar-refractivity contribution is -0.153. The third-order valence-corrected chi connectivity index (χ3v) is 6.51. The van der Waals surface area contributed by atoms with Crippen LogP contribution in [0.4, 0.5) is 0 Å². The second-order valence-electron chi connectivity index (χ2n) is 8.70. The highest BCUT2D eigenvalue weighted by molar-refractivity contribution is 5.89. The molecule has 0 spiro atoms. The predicted molar refractivity (Wildman–Crippen MR) is 93.2 cm³/mol. The van der Waals surface area contributed by atoms with Crippen molar-refractivity contribution in [2.24, 2.45) is 23.2 Å². The van der Waals surface area contributed by atoms with Crippen molar-refractivity contribution in [1.29, 1.82) is 0 Å². The normalized spacial score (nSPS) is 36.7. The topological polar surface area (TPSA) is 46.6 Å². The number of fused-ring (bicyclic) bond motifs is 1. The first-order valence-corrected chi connectivity index (χ1v) is 9.34. The van der Waals surface area contributed by atoms with Crippen molar-refractivity contribution in [2.75, 3.05) is 7.11 Å². The van der Waals surface area contributed by atoms with Crippen molar-refractivity contribution in [3.05, 3.63) is 11.6 Å². The van der Waals surface area contributed by atoms with Gasteiger partial charge in [-0.25, -0.2) is 4.79 Å². The summed E-state index contributed by atoms with van der Waals surface area (Å²) in [5, 5.41) is 0. The van der Waals surface area contributed by atoms with E-state index in [2.05, 4.69) is 33.8 Å². The van der Waals surface area contributed by atoms with Crippen LogP contribution in [-0.2, 0) is 14.3 Å². The molecule has 0 bridgehead atoms. The molecule has 0 unspecified atom stereocenters. The molecule has 0 aromatic heterocycles. The van der Waals surface area contributed by atoms with E-state index in [-0.39, 0.29) is 41.2 Å². The lowest BCUT2D eigenvalue weighted by Gasteiger charge is -2.33. The Morgan fingerprint density at radius 2 is 1.83 bits per heavy atom. The second kappa shape index (κ2) is 6.20. The van der Waals surface area contributed by atoms with Crippen LogP contribution in [0.2, 0.25) is 0 Å². The fourth-order valence-corrected chi connectivity index (χ4v) is 5.10. The van der Waals surface area contributed by atoms with E-state index in [0.29, 0.717) is 5.92 Å². The number of carbonyl (C=O) groups excluding carboxylic acids is 2. The van der Waals surface area contributed by atoms with E-state index in [4.69, 9.17) is 4.74 Å². The maximum absolute atomic E-state index is 13.4. The molecule has 4 heteroatoms. The van der Waals surface area contributed by atoms with Gasteiger partial charge in [-0.05, 0) is 50.4 Å². The summed E-state index contributed by atoms with van der Waals surface area (Å²) in [5.74, 6) is 0.689. The Balaban J connectivity index is 1.86. The van der Waals surface area contributed by atoms with E-state index in [0.717, 1.165) is 25.7 Å². The molecule has 1 amide bonds. The molecule has 3 fully saturated rings. The van der Waals surface area contributed by atoms with E-state index in [1.54, 1.807) is 0 Å². The number of amides is 1. The van der Waals surface area contributed by atoms with Crippen molar-refractivity contribution < 1.29 is 14.3 Å². The summed E-state index contributed by atoms with van der Waals surface area (Å²) in [6.45, 7) is 8.50. The highest BCUT2D eigenvalue weighted by atomic mass is 16.5. The van der Waals surface area contributed by atoms with Crippen LogP contribution >= 0.6 is 0 Å². The first kappa shape index (κ1) is 17.5. The molecule has 2 saturated carbocycles. The fraction of sp³-hybridized carbons (Fsp3) is 0.800. The van der Waals surface area contributed by atoms with E-state index in [1.165, 1.54) is 19.1 Å². The molecular weight excluding hydrogens is 302 g/mol. The minimum absolute atomic E-state index is 0.000215. The fourth-order valence-electron chi connectivity index (χ4n) is 5.10. The van der Waals surface area contributed by atoms with Crippen LogP contribution in [0.15, 0.2) is 11.6 Å². The summed E-state index contributed by atoms with van der Waals surface area (Å²) in [4.78, 5) is 27.6. The van der Waals surface area contributed by atoms with E-state index >= 15 is 0 Å². The smallest absolute Gasteiger partial charge is 0.328 e. The number of esters is 1. The van der Waals surface area contributed by atoms with Crippen molar-refractivity contribution in [3.63, 3.8) is 0 Å². The lowest BCUT2D eigenvalue weighted by Crippen LogP contribution is -2.47. The van der Waals surface area contributed by atoms with Crippen LogP contribution in [0.3, 0.4) is 0 Å². The third kappa shape index (κ3) is 2.78. The monoisotopic (exact) mass is 333 g/mol. The van der Waals surface area contributed by atoms with Crippen molar-refractivity contribution >= 4 is 11.9 Å². The molecule has 1 aliphatic heterocycles. The summed E-state index contributed by atoms with van der Waals surface area (Å²) in [6.07, 6.45) is 7.54. The Kier molecular flexibility index (Phi) is 4.52. The zero-order valence-corrected chi connectivity index (χ0v) is 15.7. The van der Waals surface area contributed by atoms with E-state index < -0.39 is 0 Å². The van der Waals surface area contributed by atoms with Crippen molar-refractivity contribution in [1.82, 2.24) is 4.90 Å². The molecule has 3 rings (SSSR count). The predicted octanol–water partition coefficient (Wildman–Crippen LogP) is 3.56. The molecule has 3 aliphatic rings. The van der Waals surface area contributed by atoms with Crippen LogP contribution in [0.5, 0.6) is 0 Å². The summed E-state index contributed by atoms with van der Waals surface area (Å²) < 4.78 is 5.02. The molecule has 1 saturated heterocycles. The van der Waals surface area contributed by atoms with Gasteiger partial charge in [0.05, 0.1) is 13.0 Å². The standard InChI is InChI=1S/C20H31NO3/c1-12(2)10-14-17(20(14,3)4)18(22)21-15-9-7-6-8-13(15)11-16(21)19(23)24-5/h10,13-17H,6-9,11H2,1-5H3/t13-,14-,15-,16-,17-/m0/s1. The molecule has 4 nitrogen and oxygen atoms in total. The molecule has 0 N–H and O–H groups in total. The number of hydrogen-bond donors (Lipinski definition) is 0. The third-order valence-electron chi connectivity index (χ3n) is 6.51. The van der Waals surface area contributed by atoms with Gasteiger partial charge >= 0.3 is 5.97 Å². The van der Waals surface area contributed by atoms with Crippen LogP contribution in [0, 0.1) is 23.2 Å². The van der Waals surface area contributed by atoms with Crippen LogP contribution in [0.25, 0.3) is 0 Å². The molecule has 2 aliphatic carbocycles. The number of carbonyl (C=O) groups is 2. The molecule has 24 heavy (non-hydrogen) atoms. The molecular formula is C20H31NO3. The van der Waals surface area contributed by atoms with Gasteiger partial charge in [-0.2, -0.15) is 0 Å². The minimum Gasteiger partial charge on any atom is -0.467 e. The largest absolute Gasteiger partial charge is 0.467 e. The molecule has 0 aromatic rings. The van der Waals surface area contributed by atoms with Gasteiger partial charge in [-0.3, -0.25) is 4.79 Å². The number of allylic oxidation sites excluding steroid dienone is 2. The Morgan fingerprint density at radius 3 is 2.46 bits per heavy atom. The van der Waals surface area contributed by atoms with Gasteiger partial charge in [0, 0.05) is 6.04 Å². The number of likely N-dealkylation sites (tertiary alicyclic amines) is 1. The summed E-state index contributed by atoms with van der Waals surface area (Å²) >= 11 is 0. The number of ether oxygens (including phenoxy) is 1. The Bertz CT molecular complexity index is 561. The lowest BCUT2D eigenvalue weighted by atomic mass is 9.84. The average molecular weight is 333 g/mol. The zero-order chi connectivity index (χ0) is 17.6. The number of hydrogen-bond acceptors (Lipinski definition) is 3. The maximum Gasteiger partial charge on any atom is 0.328 e. The van der Waals surface area contributed by atoms with E-state index in [1.807, 2.05) is 4.90 Å². The van der Waals surface area contributed by atoms with Gasteiger partial charge in [-0.1, -0.05) is 38.3 Å². The first-order valence-electron chi connectivity index (χ1n) is 9.34. The minimum atomic E-state index is -0.376. The number of nitrogens with zero attached hydrogens (tertiary/aromatic N) is 1. The Labute approximate surface area is 145 Å². The molecule has 0 radical (unpaired) electrons. The van der Waals surface area contributed by atoms with Gasteiger partial charge < -0.3 is 9.64 Å². The highest BCUT2D eigenvalue weighted by Crippen LogP contribution is 2.61. The van der Waals surface area contributed by atoms with Gasteiger partial charge in [0.25, 0.3) is 0 Å². The summed E-state index contributed by atoms with van der Waals surface area (Å²) in [5.41, 5.74) is 1.24. The van der Waals surface area contributed by atoms with Gasteiger partial charge in [-0.15, -0.1) is 0 Å². The molecule has 5 atom stereocenters. The maximum atomic E-state index is 13.4. The Morgan fingerprint density at radius 1 is 1.17 bits per heavy atom. The molecule has 0 aromatic carbocycles.